The van der Waals surface area contributed by atoms with Crippen molar-refractivity contribution in [2.24, 2.45) is 5.73 Å². The third-order valence-corrected chi connectivity index (χ3v) is 1.63. The van der Waals surface area contributed by atoms with Crippen LogP contribution >= 0.6 is 0 Å². The van der Waals surface area contributed by atoms with E-state index in [-0.39, 0.29) is 0 Å². The van der Waals surface area contributed by atoms with Crippen LogP contribution in [0.2, 0.25) is 0 Å². The molecule has 72 valence electrons. The van der Waals surface area contributed by atoms with Crippen molar-refractivity contribution in [3.05, 3.63) is 35.1 Å². The lowest BCUT2D eigenvalue weighted by Gasteiger charge is -2.09. The molecule has 1 aromatic carbocycles. The fourth-order valence-electron chi connectivity index (χ4n) is 0.977. The highest BCUT2D eigenvalue weighted by Gasteiger charge is 2.17. The average molecular weight is 192 g/mol. The predicted octanol–water partition coefficient (Wildman–Crippen LogP) is 2.78. The molecule has 0 aliphatic carbocycles. The summed E-state index contributed by atoms with van der Waals surface area (Å²) in [6.07, 6.45) is -3.00. The molecule has 0 saturated heterocycles. The third kappa shape index (κ3) is 2.01. The van der Waals surface area contributed by atoms with Crippen LogP contribution in [0.25, 0.3) is 0 Å². The Morgan fingerprint density at radius 3 is 2.54 bits per heavy atom. The van der Waals surface area contributed by atoms with E-state index in [9.17, 15) is 13.2 Å². The van der Waals surface area contributed by atoms with Crippen LogP contribution in [0.5, 0.6) is 0 Å². The van der Waals surface area contributed by atoms with E-state index in [2.05, 4.69) is 0 Å². The van der Waals surface area contributed by atoms with E-state index in [1.807, 2.05) is 0 Å². The fourth-order valence-corrected chi connectivity index (χ4v) is 0.977. The molecule has 0 radical (unpaired) electrons. The van der Waals surface area contributed by atoms with Crippen molar-refractivity contribution in [3.8, 4) is 0 Å². The molecule has 0 bridgehead atoms. The Kier molecular flexibility index (Phi) is 1.87. The molecule has 1 nitrogen and oxygen atoms in total. The Morgan fingerprint density at radius 1 is 1.38 bits per heavy atom. The summed E-state index contributed by atoms with van der Waals surface area (Å²) in [6, 6.07) is 1.55. The van der Waals surface area contributed by atoms with Crippen LogP contribution in [0.4, 0.5) is 13.2 Å². The zero-order chi connectivity index (χ0) is 12.5. The van der Waals surface area contributed by atoms with Crippen molar-refractivity contribution in [2.75, 3.05) is 0 Å². The maximum absolute atomic E-state index is 13.5. The number of hydrogen-bond acceptors (Lipinski definition) is 1. The van der Waals surface area contributed by atoms with Crippen LogP contribution in [0.1, 0.15) is 34.6 Å². The van der Waals surface area contributed by atoms with E-state index < -0.39 is 36.3 Å². The van der Waals surface area contributed by atoms with E-state index >= 15 is 0 Å². The maximum Gasteiger partial charge on any atom is 0.266 e. The molecule has 0 unspecified atom stereocenters. The first kappa shape index (κ1) is 6.43. The lowest BCUT2D eigenvalue weighted by Crippen LogP contribution is -2.09. The molecule has 0 heterocycles. The lowest BCUT2D eigenvalue weighted by molar-refractivity contribution is 0.146. The van der Waals surface area contributed by atoms with E-state index in [1.54, 1.807) is 0 Å². The van der Waals surface area contributed by atoms with Crippen LogP contribution in [-0.2, 0) is 0 Å². The van der Waals surface area contributed by atoms with E-state index in [0.29, 0.717) is 0 Å². The van der Waals surface area contributed by atoms with Crippen LogP contribution in [0, 0.1) is 5.82 Å². The van der Waals surface area contributed by atoms with Gasteiger partial charge in [0.15, 0.2) is 0 Å². The maximum atomic E-state index is 13.5. The fraction of sp³-hybridized carbons (Fsp3) is 0.333. The van der Waals surface area contributed by atoms with Gasteiger partial charge in [0.25, 0.3) is 6.43 Å². The van der Waals surface area contributed by atoms with Crippen LogP contribution in [0.3, 0.4) is 0 Å². The molecule has 0 aliphatic rings. The summed E-state index contributed by atoms with van der Waals surface area (Å²) in [7, 11) is 0. The van der Waals surface area contributed by atoms with Gasteiger partial charge in [0.05, 0.1) is 5.56 Å². The minimum Gasteiger partial charge on any atom is -0.324 e. The summed E-state index contributed by atoms with van der Waals surface area (Å²) in [5.74, 6) is -1.25. The highest BCUT2D eigenvalue weighted by atomic mass is 19.3. The van der Waals surface area contributed by atoms with Gasteiger partial charge in [0.2, 0.25) is 0 Å². The van der Waals surface area contributed by atoms with Gasteiger partial charge in [0.1, 0.15) is 5.82 Å². The first-order chi connectivity index (χ1) is 7.25. The van der Waals surface area contributed by atoms with Crippen molar-refractivity contribution >= 4 is 0 Å². The van der Waals surface area contributed by atoms with E-state index in [0.717, 1.165) is 18.2 Å². The summed E-state index contributed by atoms with van der Waals surface area (Å²) in [5, 5.41) is 0. The molecular weight excluding hydrogens is 179 g/mol. The molecule has 1 rings (SSSR count). The Balaban J connectivity index is 3.21. The van der Waals surface area contributed by atoms with Crippen LogP contribution in [-0.4, -0.2) is 0 Å². The minimum absolute atomic E-state index is 0.419. The second-order valence-electron chi connectivity index (χ2n) is 2.53. The number of benzene rings is 1. The summed E-state index contributed by atoms with van der Waals surface area (Å²) < 4.78 is 59.2. The van der Waals surface area contributed by atoms with Crippen molar-refractivity contribution in [1.29, 1.82) is 0 Å². The normalized spacial score (nSPS) is 17.8. The minimum atomic E-state index is -3.00. The summed E-state index contributed by atoms with van der Waals surface area (Å²) in [5.41, 5.74) is 4.04. The highest BCUT2D eigenvalue weighted by Crippen LogP contribution is 2.26. The number of alkyl halides is 2. The molecule has 0 fully saturated rings. The number of nitrogens with two attached hydrogens (primary N) is 1. The Hall–Kier alpha value is -1.03. The number of rotatable bonds is 2. The van der Waals surface area contributed by atoms with Gasteiger partial charge in [0, 0.05) is 15.7 Å². The zero-order valence-electron chi connectivity index (χ0n) is 9.60. The van der Waals surface area contributed by atoms with Gasteiger partial charge in [-0.15, -0.1) is 0 Å². The average Bonchev–Trinajstić information content (AvgIpc) is 2.15. The number of hydrogen-bond donors (Lipinski definition) is 1. The molecule has 0 spiro atoms. The van der Waals surface area contributed by atoms with Crippen molar-refractivity contribution < 1.29 is 17.3 Å². The van der Waals surface area contributed by atoms with Gasteiger partial charge in [-0.05, 0) is 6.85 Å². The predicted molar refractivity (Wildman–Crippen MR) is 44.0 cm³/mol. The second-order valence-corrected chi connectivity index (χ2v) is 2.53. The Labute approximate surface area is 78.6 Å². The topological polar surface area (TPSA) is 26.0 Å². The van der Waals surface area contributed by atoms with E-state index in [1.165, 1.54) is 0 Å². The van der Waals surface area contributed by atoms with E-state index in [4.69, 9.17) is 9.85 Å². The van der Waals surface area contributed by atoms with Gasteiger partial charge < -0.3 is 5.73 Å². The SMILES string of the molecule is [2H]C([2H])([2H])[C@@H](N)c1cccc(C(F)F)c1F. The first-order valence-electron chi connectivity index (χ1n) is 5.07. The molecule has 2 N–H and O–H groups in total. The van der Waals surface area contributed by atoms with Crippen molar-refractivity contribution in [3.63, 3.8) is 0 Å². The largest absolute Gasteiger partial charge is 0.324 e. The lowest BCUT2D eigenvalue weighted by atomic mass is 10.0. The van der Waals surface area contributed by atoms with Gasteiger partial charge >= 0.3 is 0 Å². The zero-order valence-corrected chi connectivity index (χ0v) is 6.60. The smallest absolute Gasteiger partial charge is 0.266 e. The van der Waals surface area contributed by atoms with Crippen molar-refractivity contribution in [1.82, 2.24) is 0 Å². The standard InChI is InChI=1S/C9H10F3N/c1-5(13)6-3-2-4-7(8(6)10)9(11)12/h2-5,9H,13H2,1H3/t5-/m1/s1/i1D3. The third-order valence-electron chi connectivity index (χ3n) is 1.63. The van der Waals surface area contributed by atoms with Crippen LogP contribution < -0.4 is 5.73 Å². The molecule has 0 aliphatic heterocycles. The Bertz CT molecular complexity index is 379. The molecule has 4 heteroatoms. The molecule has 0 amide bonds. The molecule has 0 aromatic heterocycles. The highest BCUT2D eigenvalue weighted by molar-refractivity contribution is 5.28. The van der Waals surface area contributed by atoms with Crippen LogP contribution in [0.15, 0.2) is 18.2 Å². The molecular formula is C9H10F3N. The number of halogens is 3. The summed E-state index contributed by atoms with van der Waals surface area (Å²) in [4.78, 5) is 0. The molecule has 13 heavy (non-hydrogen) atoms. The molecule has 0 saturated carbocycles. The van der Waals surface area contributed by atoms with Gasteiger partial charge in [-0.2, -0.15) is 0 Å². The molecule has 1 atom stereocenters. The van der Waals surface area contributed by atoms with Gasteiger partial charge in [-0.1, -0.05) is 18.2 Å². The summed E-state index contributed by atoms with van der Waals surface area (Å²) >= 11 is 0. The van der Waals surface area contributed by atoms with Gasteiger partial charge in [-0.25, -0.2) is 13.2 Å². The van der Waals surface area contributed by atoms with Crippen molar-refractivity contribution in [2.45, 2.75) is 19.3 Å². The monoisotopic (exact) mass is 192 g/mol. The first-order valence-corrected chi connectivity index (χ1v) is 3.57. The quantitative estimate of drug-likeness (QED) is 0.766. The summed E-state index contributed by atoms with van der Waals surface area (Å²) in [6.45, 7) is -2.62. The second kappa shape index (κ2) is 3.79. The van der Waals surface area contributed by atoms with Gasteiger partial charge in [-0.3, -0.25) is 0 Å². The molecule has 1 aromatic rings. The Morgan fingerprint density at radius 2 is 2.00 bits per heavy atom.